The second kappa shape index (κ2) is 5.80. The Labute approximate surface area is 124 Å². The Balaban J connectivity index is 1.80. The molecule has 104 valence electrons. The Hall–Kier alpha value is -2.61. The van der Waals surface area contributed by atoms with Crippen molar-refractivity contribution < 1.29 is 9.53 Å². The lowest BCUT2D eigenvalue weighted by atomic mass is 10.1. The zero-order valence-electron chi connectivity index (χ0n) is 11.8. The summed E-state index contributed by atoms with van der Waals surface area (Å²) >= 11 is 0. The van der Waals surface area contributed by atoms with Gasteiger partial charge in [-0.15, -0.1) is 0 Å². The molecule has 2 nitrogen and oxygen atoms in total. The lowest BCUT2D eigenvalue weighted by Crippen LogP contribution is -2.09. The predicted molar refractivity (Wildman–Crippen MR) is 84.2 cm³/mol. The van der Waals surface area contributed by atoms with Gasteiger partial charge in [-0.1, -0.05) is 54.6 Å². The molecule has 0 saturated carbocycles. The van der Waals surface area contributed by atoms with Crippen LogP contribution in [-0.4, -0.2) is 5.97 Å². The number of hydrogen-bond donors (Lipinski definition) is 0. The number of benzene rings is 3. The minimum absolute atomic E-state index is 0.276. The molecule has 0 unspecified atom stereocenters. The van der Waals surface area contributed by atoms with Crippen molar-refractivity contribution in [2.75, 3.05) is 0 Å². The molecule has 0 aliphatic carbocycles. The average molecular weight is 277 g/mol. The van der Waals surface area contributed by atoms with Gasteiger partial charge in [0, 0.05) is 0 Å². The van der Waals surface area contributed by atoms with Gasteiger partial charge in [-0.3, -0.25) is 0 Å². The van der Waals surface area contributed by atoms with Crippen molar-refractivity contribution in [3.63, 3.8) is 0 Å². The zero-order valence-corrected chi connectivity index (χ0v) is 11.8. The first kappa shape index (κ1) is 13.4. The van der Waals surface area contributed by atoms with Gasteiger partial charge in [-0.05, 0) is 41.5 Å². The van der Waals surface area contributed by atoms with E-state index < -0.39 is 0 Å². The van der Waals surface area contributed by atoms with E-state index in [2.05, 4.69) is 24.3 Å². The van der Waals surface area contributed by atoms with Crippen LogP contribution in [0.25, 0.3) is 10.8 Å². The summed E-state index contributed by atoms with van der Waals surface area (Å²) < 4.78 is 5.53. The third-order valence-electron chi connectivity index (χ3n) is 3.54. The zero-order chi connectivity index (χ0) is 14.7. The Kier molecular flexibility index (Phi) is 3.69. The van der Waals surface area contributed by atoms with Crippen LogP contribution in [0.1, 0.15) is 28.9 Å². The molecule has 0 heterocycles. The molecule has 3 aromatic carbocycles. The summed E-state index contributed by atoms with van der Waals surface area (Å²) in [6, 6.07) is 23.3. The second-order valence-corrected chi connectivity index (χ2v) is 5.02. The molecule has 1 atom stereocenters. The minimum atomic E-state index is -0.295. The Morgan fingerprint density at radius 3 is 2.29 bits per heavy atom. The number of fused-ring (bicyclic) bond motifs is 1. The third-order valence-corrected chi connectivity index (χ3v) is 3.54. The standard InChI is InChI=1S/C19H16O2/c1-14(21-19(20)16-8-3-2-4-9-16)17-12-11-15-7-5-6-10-18(15)13-17/h2-14H,1H3/t14-/m0/s1/i1+1. The Morgan fingerprint density at radius 2 is 1.52 bits per heavy atom. The van der Waals surface area contributed by atoms with E-state index in [9.17, 15) is 4.79 Å². The molecular weight excluding hydrogens is 261 g/mol. The summed E-state index contributed by atoms with van der Waals surface area (Å²) in [5.41, 5.74) is 1.57. The van der Waals surface area contributed by atoms with E-state index >= 15 is 0 Å². The van der Waals surface area contributed by atoms with Gasteiger partial charge in [0.25, 0.3) is 0 Å². The highest BCUT2D eigenvalue weighted by molar-refractivity contribution is 5.89. The summed E-state index contributed by atoms with van der Waals surface area (Å²) in [6.07, 6.45) is -0.276. The summed E-state index contributed by atoms with van der Waals surface area (Å²) in [4.78, 5) is 12.1. The normalized spacial score (nSPS) is 12.0. The van der Waals surface area contributed by atoms with Crippen molar-refractivity contribution in [1.82, 2.24) is 0 Å². The van der Waals surface area contributed by atoms with E-state index in [1.807, 2.05) is 43.3 Å². The first-order valence-corrected chi connectivity index (χ1v) is 6.99. The van der Waals surface area contributed by atoms with Gasteiger partial charge in [-0.25, -0.2) is 4.79 Å². The highest BCUT2D eigenvalue weighted by atomic mass is 16.5. The monoisotopic (exact) mass is 277 g/mol. The van der Waals surface area contributed by atoms with E-state index in [4.69, 9.17) is 4.74 Å². The van der Waals surface area contributed by atoms with Crippen molar-refractivity contribution in [2.45, 2.75) is 13.0 Å². The molecule has 0 radical (unpaired) electrons. The third kappa shape index (κ3) is 2.95. The van der Waals surface area contributed by atoms with Gasteiger partial charge >= 0.3 is 5.97 Å². The van der Waals surface area contributed by atoms with Crippen molar-refractivity contribution in [3.05, 3.63) is 83.9 Å². The highest BCUT2D eigenvalue weighted by Gasteiger charge is 2.13. The highest BCUT2D eigenvalue weighted by Crippen LogP contribution is 2.23. The van der Waals surface area contributed by atoms with Crippen LogP contribution in [-0.2, 0) is 4.74 Å². The summed E-state index contributed by atoms with van der Waals surface area (Å²) in [5.74, 6) is -0.295. The molecule has 21 heavy (non-hydrogen) atoms. The fourth-order valence-corrected chi connectivity index (χ4v) is 2.33. The van der Waals surface area contributed by atoms with Crippen LogP contribution in [0.4, 0.5) is 0 Å². The molecule has 0 aliphatic heterocycles. The molecular formula is C19H16O2. The summed E-state index contributed by atoms with van der Waals surface area (Å²) in [5, 5.41) is 2.33. The topological polar surface area (TPSA) is 26.3 Å². The molecule has 3 rings (SSSR count). The Bertz CT molecular complexity index is 763. The molecule has 2 heteroatoms. The SMILES string of the molecule is [13CH3][C@H](OC(=O)c1ccccc1)c1ccc2ccccc2c1. The van der Waals surface area contributed by atoms with E-state index in [-0.39, 0.29) is 12.1 Å². The van der Waals surface area contributed by atoms with Gasteiger partial charge in [0.05, 0.1) is 5.56 Å². The van der Waals surface area contributed by atoms with E-state index in [1.165, 1.54) is 5.39 Å². The number of carbonyl (C=O) groups excluding carboxylic acids is 1. The lowest BCUT2D eigenvalue weighted by molar-refractivity contribution is 0.0338. The fraction of sp³-hybridized carbons (Fsp3) is 0.105. The number of esters is 1. The fourth-order valence-electron chi connectivity index (χ4n) is 2.33. The van der Waals surface area contributed by atoms with Gasteiger partial charge in [-0.2, -0.15) is 0 Å². The first-order chi connectivity index (χ1) is 10.2. The molecule has 0 fully saturated rings. The molecule has 0 amide bonds. The maximum absolute atomic E-state index is 12.1. The van der Waals surface area contributed by atoms with Crippen molar-refractivity contribution in [2.24, 2.45) is 0 Å². The van der Waals surface area contributed by atoms with Gasteiger partial charge < -0.3 is 4.74 Å². The minimum Gasteiger partial charge on any atom is -0.454 e. The molecule has 0 aliphatic rings. The maximum Gasteiger partial charge on any atom is 0.338 e. The molecule has 0 bridgehead atoms. The molecule has 0 aromatic heterocycles. The number of carbonyl (C=O) groups is 1. The van der Waals surface area contributed by atoms with E-state index in [0.29, 0.717) is 5.56 Å². The molecule has 0 saturated heterocycles. The lowest BCUT2D eigenvalue weighted by Gasteiger charge is -2.14. The van der Waals surface area contributed by atoms with Crippen molar-refractivity contribution in [3.8, 4) is 0 Å². The predicted octanol–water partition coefficient (Wildman–Crippen LogP) is 4.76. The van der Waals surface area contributed by atoms with Crippen molar-refractivity contribution in [1.29, 1.82) is 0 Å². The van der Waals surface area contributed by atoms with Crippen LogP contribution in [0.15, 0.2) is 72.8 Å². The maximum atomic E-state index is 12.1. The van der Waals surface area contributed by atoms with E-state index in [0.717, 1.165) is 10.9 Å². The van der Waals surface area contributed by atoms with E-state index in [1.54, 1.807) is 12.1 Å². The van der Waals surface area contributed by atoms with Crippen LogP contribution in [0.2, 0.25) is 0 Å². The van der Waals surface area contributed by atoms with Gasteiger partial charge in [0.15, 0.2) is 0 Å². The average Bonchev–Trinajstić information content (AvgIpc) is 2.55. The molecule has 0 N–H and O–H groups in total. The van der Waals surface area contributed by atoms with Crippen LogP contribution < -0.4 is 0 Å². The number of rotatable bonds is 3. The second-order valence-electron chi connectivity index (χ2n) is 5.02. The van der Waals surface area contributed by atoms with Crippen LogP contribution in [0, 0.1) is 0 Å². The molecule has 3 aromatic rings. The first-order valence-electron chi connectivity index (χ1n) is 6.99. The summed E-state index contributed by atoms with van der Waals surface area (Å²) in [6.45, 7) is 1.89. The van der Waals surface area contributed by atoms with Crippen LogP contribution in [0.5, 0.6) is 0 Å². The van der Waals surface area contributed by atoms with Gasteiger partial charge in [0.1, 0.15) is 6.10 Å². The van der Waals surface area contributed by atoms with Crippen LogP contribution in [0.3, 0.4) is 0 Å². The van der Waals surface area contributed by atoms with Gasteiger partial charge in [0.2, 0.25) is 0 Å². The summed E-state index contributed by atoms with van der Waals surface area (Å²) in [7, 11) is 0. The molecule has 0 spiro atoms. The quantitative estimate of drug-likeness (QED) is 0.509. The van der Waals surface area contributed by atoms with Crippen LogP contribution >= 0.6 is 0 Å². The van der Waals surface area contributed by atoms with Crippen molar-refractivity contribution >= 4 is 16.7 Å². The largest absolute Gasteiger partial charge is 0.454 e. The Morgan fingerprint density at radius 1 is 0.857 bits per heavy atom. The smallest absolute Gasteiger partial charge is 0.338 e. The number of hydrogen-bond acceptors (Lipinski definition) is 2. The number of ether oxygens (including phenoxy) is 1.